The number of carbonyl (C=O) groups is 1. The summed E-state index contributed by atoms with van der Waals surface area (Å²) in [7, 11) is 4.18. The van der Waals surface area contributed by atoms with Gasteiger partial charge < -0.3 is 10.0 Å². The maximum Gasteiger partial charge on any atom is 0.143 e. The Balaban J connectivity index is 1.63. The van der Waals surface area contributed by atoms with E-state index < -0.39 is 0 Å². The van der Waals surface area contributed by atoms with Gasteiger partial charge >= 0.3 is 0 Å². The van der Waals surface area contributed by atoms with E-state index in [4.69, 9.17) is 0 Å². The van der Waals surface area contributed by atoms with Crippen molar-refractivity contribution in [2.45, 2.75) is 64.9 Å². The number of aliphatic hydroxyl groups excluding tert-OH is 1. The number of allylic oxidation sites excluding steroid dienone is 1. The van der Waals surface area contributed by atoms with Crippen molar-refractivity contribution in [2.75, 3.05) is 20.6 Å². The zero-order chi connectivity index (χ0) is 18.0. The Kier molecular flexibility index (Phi) is 4.20. The summed E-state index contributed by atoms with van der Waals surface area (Å²) in [4.78, 5) is 15.4. The van der Waals surface area contributed by atoms with Gasteiger partial charge in [0.25, 0.3) is 0 Å². The SMILES string of the molecule is CN(C)C[C@H]1C[C@H]2[C@@H]3CC=C4C[C@@H](O)CC[C@]4(C)[C@H]3CC[C@]2(C)C1=O. The summed E-state index contributed by atoms with van der Waals surface area (Å²) < 4.78 is 0. The maximum absolute atomic E-state index is 13.2. The van der Waals surface area contributed by atoms with E-state index >= 15 is 0 Å². The smallest absolute Gasteiger partial charge is 0.143 e. The highest BCUT2D eigenvalue weighted by Crippen LogP contribution is 2.64. The topological polar surface area (TPSA) is 40.5 Å². The highest BCUT2D eigenvalue weighted by atomic mass is 16.3. The molecule has 3 saturated carbocycles. The molecular weight excluding hydrogens is 310 g/mol. The molecule has 7 atom stereocenters. The highest BCUT2D eigenvalue weighted by molar-refractivity contribution is 5.89. The number of Topliss-reactive ketones (excluding diaryl/α,β-unsaturated/α-hetero) is 1. The minimum atomic E-state index is -0.137. The third-order valence-corrected chi connectivity index (χ3v) is 8.53. The minimum Gasteiger partial charge on any atom is -0.393 e. The van der Waals surface area contributed by atoms with E-state index in [1.165, 1.54) is 12.0 Å². The molecule has 0 aromatic heterocycles. The number of hydrogen-bond donors (Lipinski definition) is 1. The molecular formula is C22H35NO2. The fourth-order valence-electron chi connectivity index (χ4n) is 7.18. The van der Waals surface area contributed by atoms with E-state index in [0.717, 1.165) is 45.1 Å². The maximum atomic E-state index is 13.2. The molecule has 3 fully saturated rings. The first-order chi connectivity index (χ1) is 11.8. The summed E-state index contributed by atoms with van der Waals surface area (Å²) >= 11 is 0. The summed E-state index contributed by atoms with van der Waals surface area (Å²) in [6.07, 6.45) is 9.77. The molecule has 4 aliphatic carbocycles. The normalized spacial score (nSPS) is 49.4. The molecule has 1 N–H and O–H groups in total. The molecule has 0 heterocycles. The molecule has 0 unspecified atom stereocenters. The summed E-state index contributed by atoms with van der Waals surface area (Å²) in [5.41, 5.74) is 1.70. The van der Waals surface area contributed by atoms with Crippen LogP contribution in [0.5, 0.6) is 0 Å². The van der Waals surface area contributed by atoms with Crippen LogP contribution in [-0.4, -0.2) is 42.5 Å². The van der Waals surface area contributed by atoms with Gasteiger partial charge in [0.1, 0.15) is 5.78 Å². The zero-order valence-corrected chi connectivity index (χ0v) is 16.4. The van der Waals surface area contributed by atoms with Crippen LogP contribution >= 0.6 is 0 Å². The summed E-state index contributed by atoms with van der Waals surface area (Å²) in [6, 6.07) is 0. The quantitative estimate of drug-likeness (QED) is 0.776. The number of hydrogen-bond acceptors (Lipinski definition) is 3. The lowest BCUT2D eigenvalue weighted by Crippen LogP contribution is -2.50. The van der Waals surface area contributed by atoms with Crippen molar-refractivity contribution in [3.8, 4) is 0 Å². The average molecular weight is 346 g/mol. The van der Waals surface area contributed by atoms with E-state index in [9.17, 15) is 9.90 Å². The number of rotatable bonds is 2. The number of fused-ring (bicyclic) bond motifs is 5. The Bertz CT molecular complexity index is 597. The van der Waals surface area contributed by atoms with Crippen LogP contribution in [0.15, 0.2) is 11.6 Å². The number of aliphatic hydroxyl groups is 1. The fourth-order valence-corrected chi connectivity index (χ4v) is 7.18. The monoisotopic (exact) mass is 345 g/mol. The van der Waals surface area contributed by atoms with Gasteiger partial charge in [0.05, 0.1) is 6.10 Å². The van der Waals surface area contributed by atoms with E-state index in [2.05, 4.69) is 38.9 Å². The minimum absolute atomic E-state index is 0.0856. The van der Waals surface area contributed by atoms with Crippen LogP contribution in [0.1, 0.15) is 58.8 Å². The van der Waals surface area contributed by atoms with E-state index in [0.29, 0.717) is 23.5 Å². The van der Waals surface area contributed by atoms with Crippen LogP contribution < -0.4 is 0 Å². The Morgan fingerprint density at radius 1 is 1.16 bits per heavy atom. The molecule has 0 spiro atoms. The van der Waals surface area contributed by atoms with Crippen molar-refractivity contribution in [2.24, 2.45) is 34.5 Å². The lowest BCUT2D eigenvalue weighted by molar-refractivity contribution is -0.134. The van der Waals surface area contributed by atoms with Crippen LogP contribution in [0, 0.1) is 34.5 Å². The van der Waals surface area contributed by atoms with Crippen LogP contribution in [0.4, 0.5) is 0 Å². The third-order valence-electron chi connectivity index (χ3n) is 8.53. The zero-order valence-electron chi connectivity index (χ0n) is 16.4. The molecule has 0 saturated heterocycles. The Morgan fingerprint density at radius 3 is 2.60 bits per heavy atom. The van der Waals surface area contributed by atoms with Crippen LogP contribution in [0.3, 0.4) is 0 Å². The van der Waals surface area contributed by atoms with Crippen molar-refractivity contribution in [3.63, 3.8) is 0 Å². The van der Waals surface area contributed by atoms with Gasteiger partial charge in [0.15, 0.2) is 0 Å². The van der Waals surface area contributed by atoms with Gasteiger partial charge in [-0.05, 0) is 82.2 Å². The van der Waals surface area contributed by atoms with Gasteiger partial charge in [0, 0.05) is 17.9 Å². The summed E-state index contributed by atoms with van der Waals surface area (Å²) in [5.74, 6) is 2.71. The van der Waals surface area contributed by atoms with E-state index in [1.54, 1.807) is 0 Å². The van der Waals surface area contributed by atoms with Gasteiger partial charge in [-0.25, -0.2) is 0 Å². The highest BCUT2D eigenvalue weighted by Gasteiger charge is 2.60. The second kappa shape index (κ2) is 5.92. The first-order valence-electron chi connectivity index (χ1n) is 10.3. The molecule has 0 radical (unpaired) electrons. The second-order valence-corrected chi connectivity index (χ2v) is 10.2. The largest absolute Gasteiger partial charge is 0.393 e. The Labute approximate surface area is 152 Å². The second-order valence-electron chi connectivity index (χ2n) is 10.2. The Hall–Kier alpha value is -0.670. The van der Waals surface area contributed by atoms with Crippen LogP contribution in [-0.2, 0) is 4.79 Å². The first-order valence-corrected chi connectivity index (χ1v) is 10.3. The van der Waals surface area contributed by atoms with Crippen molar-refractivity contribution in [3.05, 3.63) is 11.6 Å². The molecule has 0 bridgehead atoms. The lowest BCUT2D eigenvalue weighted by Gasteiger charge is -2.56. The summed E-state index contributed by atoms with van der Waals surface area (Å²) in [6.45, 7) is 5.64. The fraction of sp³-hybridized carbons (Fsp3) is 0.864. The van der Waals surface area contributed by atoms with Gasteiger partial charge in [-0.15, -0.1) is 0 Å². The van der Waals surface area contributed by atoms with Gasteiger partial charge in [-0.2, -0.15) is 0 Å². The molecule has 3 nitrogen and oxygen atoms in total. The number of nitrogens with zero attached hydrogens (tertiary/aromatic N) is 1. The third kappa shape index (κ3) is 2.56. The molecule has 0 amide bonds. The predicted molar refractivity (Wildman–Crippen MR) is 100 cm³/mol. The molecule has 4 aliphatic rings. The molecule has 140 valence electrons. The van der Waals surface area contributed by atoms with Gasteiger partial charge in [0.2, 0.25) is 0 Å². The van der Waals surface area contributed by atoms with E-state index in [-0.39, 0.29) is 22.9 Å². The molecule has 0 aliphatic heterocycles. The van der Waals surface area contributed by atoms with Crippen molar-refractivity contribution in [1.82, 2.24) is 4.90 Å². The standard InChI is InChI=1S/C22H35NO2/c1-21-9-7-16(24)12-15(21)5-6-17-18(21)8-10-22(2)19(17)11-14(20(22)25)13-23(3)4/h5,14,16-19,24H,6-13H2,1-4H3/t14-,16+,17-,18+,19+,21+,22+/m1/s1. The average Bonchev–Trinajstić information content (AvgIpc) is 2.79. The van der Waals surface area contributed by atoms with Crippen molar-refractivity contribution < 1.29 is 9.90 Å². The molecule has 0 aromatic carbocycles. The van der Waals surface area contributed by atoms with Crippen LogP contribution in [0.25, 0.3) is 0 Å². The van der Waals surface area contributed by atoms with Crippen molar-refractivity contribution in [1.29, 1.82) is 0 Å². The van der Waals surface area contributed by atoms with Crippen molar-refractivity contribution >= 4 is 5.78 Å². The molecule has 4 rings (SSSR count). The first kappa shape index (κ1) is 17.7. The van der Waals surface area contributed by atoms with Crippen LogP contribution in [0.2, 0.25) is 0 Å². The number of ketones is 1. The predicted octanol–water partition coefficient (Wildman–Crippen LogP) is 3.67. The summed E-state index contributed by atoms with van der Waals surface area (Å²) in [5, 5.41) is 10.1. The molecule has 0 aromatic rings. The molecule has 3 heteroatoms. The number of carbonyl (C=O) groups excluding carboxylic acids is 1. The Morgan fingerprint density at radius 2 is 1.88 bits per heavy atom. The van der Waals surface area contributed by atoms with Gasteiger partial charge in [-0.3, -0.25) is 4.79 Å². The lowest BCUT2D eigenvalue weighted by atomic mass is 9.48. The van der Waals surface area contributed by atoms with Gasteiger partial charge in [-0.1, -0.05) is 25.5 Å². The molecule has 25 heavy (non-hydrogen) atoms. The van der Waals surface area contributed by atoms with E-state index in [1.807, 2.05) is 0 Å².